The number of rotatable bonds is 4. The van der Waals surface area contributed by atoms with Gasteiger partial charge in [-0.3, -0.25) is 0 Å². The van der Waals surface area contributed by atoms with Gasteiger partial charge in [0.15, 0.2) is 17.5 Å². The Bertz CT molecular complexity index is 2590. The molecule has 0 N–H and O–H groups in total. The van der Waals surface area contributed by atoms with E-state index in [1.165, 1.54) is 21.8 Å². The van der Waals surface area contributed by atoms with Gasteiger partial charge in [-0.25, -0.2) is 15.0 Å². The normalized spacial score (nSPS) is 11.9. The van der Waals surface area contributed by atoms with Crippen molar-refractivity contribution in [3.05, 3.63) is 158 Å². The molecule has 0 unspecified atom stereocenters. The zero-order valence-corrected chi connectivity index (χ0v) is 25.7. The van der Waals surface area contributed by atoms with Gasteiger partial charge in [-0.05, 0) is 47.3 Å². The van der Waals surface area contributed by atoms with Gasteiger partial charge in [-0.1, -0.05) is 115 Å². The van der Waals surface area contributed by atoms with Gasteiger partial charge in [0, 0.05) is 50.2 Å². The maximum atomic E-state index is 6.72. The zero-order chi connectivity index (χ0) is 31.6. The van der Waals surface area contributed by atoms with Gasteiger partial charge in [0.25, 0.3) is 0 Å². The van der Waals surface area contributed by atoms with Crippen LogP contribution in [-0.2, 0) is 0 Å². The van der Waals surface area contributed by atoms with Gasteiger partial charge in [0.1, 0.15) is 11.5 Å². The highest BCUT2D eigenvalue weighted by molar-refractivity contribution is 6.11. The van der Waals surface area contributed by atoms with Crippen LogP contribution in [0, 0.1) is 0 Å². The number of hydrogen-bond acceptors (Lipinski definition) is 4. The summed E-state index contributed by atoms with van der Waals surface area (Å²) in [5.74, 6) is 3.55. The molecule has 0 fully saturated rings. The molecular weight excluding hydrogens is 589 g/mol. The Morgan fingerprint density at radius 1 is 0.396 bits per heavy atom. The lowest BCUT2D eigenvalue weighted by Crippen LogP contribution is -2.03. The van der Waals surface area contributed by atoms with E-state index in [1.807, 2.05) is 66.7 Å². The fourth-order valence-electron chi connectivity index (χ4n) is 7.08. The lowest BCUT2D eigenvalue weighted by atomic mass is 9.92. The zero-order valence-electron chi connectivity index (χ0n) is 25.7. The molecule has 5 nitrogen and oxygen atoms in total. The number of fused-ring (bicyclic) bond motifs is 5. The number of benzene rings is 7. The molecule has 3 heterocycles. The Kier molecular flexibility index (Phi) is 5.81. The summed E-state index contributed by atoms with van der Waals surface area (Å²) in [5.41, 5.74) is 8.40. The van der Waals surface area contributed by atoms with Crippen LogP contribution >= 0.6 is 0 Å². The first kappa shape index (κ1) is 26.6. The topological polar surface area (TPSA) is 52.8 Å². The van der Waals surface area contributed by atoms with Crippen LogP contribution < -0.4 is 4.74 Å². The molecule has 9 aromatic rings. The number of hydrogen-bond donors (Lipinski definition) is 0. The average molecular weight is 615 g/mol. The molecule has 10 rings (SSSR count). The highest BCUT2D eigenvalue weighted by Gasteiger charge is 2.24. The van der Waals surface area contributed by atoms with Crippen molar-refractivity contribution in [2.45, 2.75) is 0 Å². The monoisotopic (exact) mass is 614 g/mol. The van der Waals surface area contributed by atoms with Crippen molar-refractivity contribution >= 4 is 32.6 Å². The summed E-state index contributed by atoms with van der Waals surface area (Å²) < 4.78 is 9.05. The van der Waals surface area contributed by atoms with E-state index in [2.05, 4.69) is 95.6 Å². The van der Waals surface area contributed by atoms with E-state index < -0.39 is 0 Å². The van der Waals surface area contributed by atoms with Crippen molar-refractivity contribution in [1.82, 2.24) is 19.5 Å². The number of aromatic nitrogens is 4. The Balaban J connectivity index is 1.14. The maximum Gasteiger partial charge on any atom is 0.164 e. The minimum absolute atomic E-state index is 0.624. The van der Waals surface area contributed by atoms with E-state index in [9.17, 15) is 0 Å². The van der Waals surface area contributed by atoms with Gasteiger partial charge < -0.3 is 9.30 Å². The molecule has 2 aromatic heterocycles. The largest absolute Gasteiger partial charge is 0.456 e. The van der Waals surface area contributed by atoms with Crippen LogP contribution in [0.5, 0.6) is 11.5 Å². The lowest BCUT2D eigenvalue weighted by Gasteiger charge is -2.23. The molecule has 7 aromatic carbocycles. The molecule has 0 saturated carbocycles. The third kappa shape index (κ3) is 4.08. The summed E-state index contributed by atoms with van der Waals surface area (Å²) in [6, 6.07) is 54.4. The van der Waals surface area contributed by atoms with Crippen molar-refractivity contribution in [2.24, 2.45) is 0 Å². The lowest BCUT2D eigenvalue weighted by molar-refractivity contribution is 0.487. The highest BCUT2D eigenvalue weighted by atomic mass is 16.5. The van der Waals surface area contributed by atoms with Gasteiger partial charge in [0.05, 0.1) is 11.0 Å². The standard InChI is InChI=1S/C43H26N4O/c1-3-12-27(13-4-1)41-44-42(28-14-5-2-6-15-28)46-43(45-41)35-24-25-38-40-33(18-11-19-34(35)40)32-23-22-29(26-39(32)48-38)47-36-20-9-7-16-30(36)31-17-8-10-21-37(31)47/h1-26H. The first-order chi connectivity index (χ1) is 23.8. The molecular formula is C43H26N4O. The summed E-state index contributed by atoms with van der Waals surface area (Å²) in [7, 11) is 0. The predicted molar refractivity (Wildman–Crippen MR) is 193 cm³/mol. The van der Waals surface area contributed by atoms with E-state index in [1.54, 1.807) is 0 Å². The van der Waals surface area contributed by atoms with E-state index in [0.717, 1.165) is 55.8 Å². The predicted octanol–water partition coefficient (Wildman–Crippen LogP) is 10.9. The molecule has 0 bridgehead atoms. The SMILES string of the molecule is c1ccc(-c2nc(-c3ccccc3)nc(-c3ccc4c5c(cccc35)-c3ccc(-n5c6ccccc6c6ccccc65)cc3O4)n2)cc1. The van der Waals surface area contributed by atoms with Crippen molar-refractivity contribution in [2.75, 3.05) is 0 Å². The number of nitrogens with zero attached hydrogens (tertiary/aromatic N) is 4. The fourth-order valence-corrected chi connectivity index (χ4v) is 7.08. The molecule has 0 atom stereocenters. The van der Waals surface area contributed by atoms with Crippen molar-refractivity contribution in [3.8, 4) is 62.5 Å². The van der Waals surface area contributed by atoms with Crippen molar-refractivity contribution in [3.63, 3.8) is 0 Å². The molecule has 48 heavy (non-hydrogen) atoms. The van der Waals surface area contributed by atoms with Crippen LogP contribution in [0.1, 0.15) is 0 Å². The smallest absolute Gasteiger partial charge is 0.164 e. The van der Waals surface area contributed by atoms with Gasteiger partial charge in [0.2, 0.25) is 0 Å². The molecule has 0 radical (unpaired) electrons. The van der Waals surface area contributed by atoms with Crippen LogP contribution in [-0.4, -0.2) is 19.5 Å². The third-order valence-electron chi connectivity index (χ3n) is 9.26. The molecule has 0 spiro atoms. The molecule has 5 heteroatoms. The highest BCUT2D eigenvalue weighted by Crippen LogP contribution is 2.49. The Morgan fingerprint density at radius 3 is 1.62 bits per heavy atom. The average Bonchev–Trinajstić information content (AvgIpc) is 3.50. The van der Waals surface area contributed by atoms with Gasteiger partial charge in [-0.15, -0.1) is 0 Å². The number of ether oxygens (including phenoxy) is 1. The molecule has 224 valence electrons. The Hall–Kier alpha value is -6.59. The first-order valence-electron chi connectivity index (χ1n) is 16.0. The molecule has 0 saturated heterocycles. The van der Waals surface area contributed by atoms with Crippen molar-refractivity contribution in [1.29, 1.82) is 0 Å². The van der Waals surface area contributed by atoms with Gasteiger partial charge in [-0.2, -0.15) is 0 Å². The minimum Gasteiger partial charge on any atom is -0.456 e. The number of para-hydroxylation sites is 2. The molecule has 0 aliphatic carbocycles. The Morgan fingerprint density at radius 2 is 0.958 bits per heavy atom. The van der Waals surface area contributed by atoms with E-state index in [4.69, 9.17) is 19.7 Å². The summed E-state index contributed by atoms with van der Waals surface area (Å²) >= 11 is 0. The maximum absolute atomic E-state index is 6.72. The van der Waals surface area contributed by atoms with E-state index >= 15 is 0 Å². The Labute approximate surface area is 276 Å². The fraction of sp³-hybridized carbons (Fsp3) is 0. The van der Waals surface area contributed by atoms with Crippen LogP contribution in [0.4, 0.5) is 0 Å². The molecule has 0 amide bonds. The second-order valence-electron chi connectivity index (χ2n) is 12.0. The van der Waals surface area contributed by atoms with E-state index in [0.29, 0.717) is 17.5 Å². The van der Waals surface area contributed by atoms with Crippen LogP contribution in [0.15, 0.2) is 158 Å². The summed E-state index contributed by atoms with van der Waals surface area (Å²) in [6.45, 7) is 0. The second-order valence-corrected chi connectivity index (χ2v) is 12.0. The summed E-state index contributed by atoms with van der Waals surface area (Å²) in [4.78, 5) is 14.9. The first-order valence-corrected chi connectivity index (χ1v) is 16.0. The van der Waals surface area contributed by atoms with Crippen LogP contribution in [0.2, 0.25) is 0 Å². The summed E-state index contributed by atoms with van der Waals surface area (Å²) in [5, 5.41) is 4.55. The molecule has 1 aliphatic heterocycles. The third-order valence-corrected chi connectivity index (χ3v) is 9.26. The molecule has 1 aliphatic rings. The van der Waals surface area contributed by atoms with E-state index in [-0.39, 0.29) is 0 Å². The quantitative estimate of drug-likeness (QED) is 0.198. The van der Waals surface area contributed by atoms with Crippen molar-refractivity contribution < 1.29 is 4.74 Å². The minimum atomic E-state index is 0.624. The second kappa shape index (κ2) is 10.5. The summed E-state index contributed by atoms with van der Waals surface area (Å²) in [6.07, 6.45) is 0. The van der Waals surface area contributed by atoms with Crippen LogP contribution in [0.25, 0.3) is 83.6 Å². The van der Waals surface area contributed by atoms with Crippen LogP contribution in [0.3, 0.4) is 0 Å². The van der Waals surface area contributed by atoms with Gasteiger partial charge >= 0.3 is 0 Å².